The molecule has 1 aliphatic rings. The molecule has 1 aliphatic carbocycles. The summed E-state index contributed by atoms with van der Waals surface area (Å²) < 4.78 is 10.9. The van der Waals surface area contributed by atoms with Crippen molar-refractivity contribution in [2.45, 2.75) is 70.4 Å². The smallest absolute Gasteiger partial charge is 0.243 e. The van der Waals surface area contributed by atoms with Crippen LogP contribution in [0.15, 0.2) is 54.6 Å². The van der Waals surface area contributed by atoms with Crippen LogP contribution in [0.3, 0.4) is 0 Å². The summed E-state index contributed by atoms with van der Waals surface area (Å²) in [6.07, 6.45) is 6.64. The van der Waals surface area contributed by atoms with Gasteiger partial charge in [0.2, 0.25) is 11.8 Å². The van der Waals surface area contributed by atoms with Crippen LogP contribution in [0.2, 0.25) is 0 Å². The second-order valence-electron chi connectivity index (χ2n) is 8.86. The lowest BCUT2D eigenvalue weighted by Crippen LogP contribution is -2.51. The molecular formula is C28H38N2O4. The highest BCUT2D eigenvalue weighted by Gasteiger charge is 2.30. The molecule has 1 atom stereocenters. The van der Waals surface area contributed by atoms with E-state index < -0.39 is 6.04 Å². The molecule has 2 aromatic carbocycles. The van der Waals surface area contributed by atoms with Crippen LogP contribution in [-0.4, -0.2) is 49.1 Å². The number of hydrogen-bond donors (Lipinski definition) is 1. The van der Waals surface area contributed by atoms with Crippen molar-refractivity contribution in [1.82, 2.24) is 10.2 Å². The van der Waals surface area contributed by atoms with Gasteiger partial charge >= 0.3 is 0 Å². The van der Waals surface area contributed by atoms with Crippen molar-refractivity contribution in [3.05, 3.63) is 60.2 Å². The number of nitrogens with one attached hydrogen (secondary N) is 1. The first-order valence-corrected chi connectivity index (χ1v) is 12.5. The van der Waals surface area contributed by atoms with Crippen molar-refractivity contribution in [2.24, 2.45) is 0 Å². The Morgan fingerprint density at radius 3 is 2.35 bits per heavy atom. The van der Waals surface area contributed by atoms with Crippen molar-refractivity contribution in [1.29, 1.82) is 0 Å². The van der Waals surface area contributed by atoms with E-state index in [1.165, 1.54) is 0 Å². The van der Waals surface area contributed by atoms with E-state index in [0.29, 0.717) is 32.4 Å². The van der Waals surface area contributed by atoms with Gasteiger partial charge in [-0.15, -0.1) is 0 Å². The summed E-state index contributed by atoms with van der Waals surface area (Å²) in [5.41, 5.74) is 1.16. The van der Waals surface area contributed by atoms with Crippen molar-refractivity contribution < 1.29 is 19.1 Å². The molecule has 6 heteroatoms. The topological polar surface area (TPSA) is 67.9 Å². The number of amides is 2. The Hall–Kier alpha value is -3.02. The fourth-order valence-electron chi connectivity index (χ4n) is 4.49. The molecule has 1 fully saturated rings. The van der Waals surface area contributed by atoms with Crippen molar-refractivity contribution in [2.75, 3.05) is 20.3 Å². The van der Waals surface area contributed by atoms with Crippen LogP contribution >= 0.6 is 0 Å². The molecule has 3 rings (SSSR count). The molecule has 0 bridgehead atoms. The third-order valence-corrected chi connectivity index (χ3v) is 6.43. The number of rotatable bonds is 13. The van der Waals surface area contributed by atoms with Gasteiger partial charge in [0.1, 0.15) is 17.5 Å². The second-order valence-corrected chi connectivity index (χ2v) is 8.86. The van der Waals surface area contributed by atoms with Gasteiger partial charge in [-0.3, -0.25) is 9.59 Å². The summed E-state index contributed by atoms with van der Waals surface area (Å²) in [4.78, 5) is 28.2. The van der Waals surface area contributed by atoms with E-state index in [1.54, 1.807) is 12.0 Å². The molecule has 1 saturated carbocycles. The molecule has 0 saturated heterocycles. The quantitative estimate of drug-likeness (QED) is 0.432. The molecule has 34 heavy (non-hydrogen) atoms. The Morgan fingerprint density at radius 1 is 1.03 bits per heavy atom. The zero-order valence-corrected chi connectivity index (χ0v) is 20.5. The van der Waals surface area contributed by atoms with E-state index in [4.69, 9.17) is 9.47 Å². The molecule has 0 radical (unpaired) electrons. The maximum Gasteiger partial charge on any atom is 0.243 e. The van der Waals surface area contributed by atoms with Gasteiger partial charge < -0.3 is 19.7 Å². The van der Waals surface area contributed by atoms with Crippen molar-refractivity contribution in [3.8, 4) is 11.5 Å². The first-order valence-electron chi connectivity index (χ1n) is 12.5. The SMILES string of the molecule is CCC(C(=O)NC1CCCC1)N(CCc1ccccc1)C(=O)CCCOc1ccc(OC)cc1. The van der Waals surface area contributed by atoms with Crippen molar-refractivity contribution >= 4 is 11.8 Å². The normalized spacial score (nSPS) is 14.4. The molecule has 1 N–H and O–H groups in total. The zero-order valence-electron chi connectivity index (χ0n) is 20.5. The third-order valence-electron chi connectivity index (χ3n) is 6.43. The highest BCUT2D eigenvalue weighted by molar-refractivity contribution is 5.87. The zero-order chi connectivity index (χ0) is 24.2. The fraction of sp³-hybridized carbons (Fsp3) is 0.500. The van der Waals surface area contributed by atoms with Gasteiger partial charge in [-0.05, 0) is 61.9 Å². The lowest BCUT2D eigenvalue weighted by atomic mass is 10.1. The Bertz CT molecular complexity index is 879. The van der Waals surface area contributed by atoms with Gasteiger partial charge in [-0.25, -0.2) is 0 Å². The van der Waals surface area contributed by atoms with Crippen molar-refractivity contribution in [3.63, 3.8) is 0 Å². The van der Waals surface area contributed by atoms with E-state index in [-0.39, 0.29) is 17.9 Å². The largest absolute Gasteiger partial charge is 0.497 e. The maximum absolute atomic E-state index is 13.3. The molecule has 2 amide bonds. The van der Waals surface area contributed by atoms with Gasteiger partial charge in [0.05, 0.1) is 13.7 Å². The van der Waals surface area contributed by atoms with Crippen LogP contribution in [0.25, 0.3) is 0 Å². The average molecular weight is 467 g/mol. The maximum atomic E-state index is 13.3. The van der Waals surface area contributed by atoms with Crippen LogP contribution < -0.4 is 14.8 Å². The van der Waals surface area contributed by atoms with Gasteiger partial charge in [-0.1, -0.05) is 50.1 Å². The number of hydrogen-bond acceptors (Lipinski definition) is 4. The number of nitrogens with zero attached hydrogens (tertiary/aromatic N) is 1. The molecule has 0 aromatic heterocycles. The van der Waals surface area contributed by atoms with Crippen LogP contribution in [-0.2, 0) is 16.0 Å². The molecule has 184 valence electrons. The van der Waals surface area contributed by atoms with E-state index in [9.17, 15) is 9.59 Å². The molecule has 2 aromatic rings. The molecule has 6 nitrogen and oxygen atoms in total. The molecule has 0 heterocycles. The van der Waals surface area contributed by atoms with Crippen LogP contribution in [0, 0.1) is 0 Å². The molecule has 0 spiro atoms. The van der Waals surface area contributed by atoms with Crippen LogP contribution in [0.5, 0.6) is 11.5 Å². The Morgan fingerprint density at radius 2 is 1.71 bits per heavy atom. The monoisotopic (exact) mass is 466 g/mol. The predicted octanol–water partition coefficient (Wildman–Crippen LogP) is 4.76. The Kier molecular flexibility index (Phi) is 10.3. The summed E-state index contributed by atoms with van der Waals surface area (Å²) in [5.74, 6) is 1.50. The minimum absolute atomic E-state index is 0.00249. The van der Waals surface area contributed by atoms with Gasteiger partial charge in [-0.2, -0.15) is 0 Å². The number of benzene rings is 2. The molecule has 0 aliphatic heterocycles. The first kappa shape index (κ1) is 25.6. The number of methoxy groups -OCH3 is 1. The fourth-order valence-corrected chi connectivity index (χ4v) is 4.49. The summed E-state index contributed by atoms with van der Waals surface area (Å²) in [6.45, 7) is 2.95. The summed E-state index contributed by atoms with van der Waals surface area (Å²) in [5, 5.41) is 3.19. The van der Waals surface area contributed by atoms with Gasteiger partial charge in [0.15, 0.2) is 0 Å². The minimum atomic E-state index is -0.445. The van der Waals surface area contributed by atoms with Crippen LogP contribution in [0.1, 0.15) is 57.4 Å². The van der Waals surface area contributed by atoms with Gasteiger partial charge in [0, 0.05) is 19.0 Å². The highest BCUT2D eigenvalue weighted by Crippen LogP contribution is 2.20. The molecule has 1 unspecified atom stereocenters. The van der Waals surface area contributed by atoms with E-state index in [2.05, 4.69) is 17.4 Å². The predicted molar refractivity (Wildman–Crippen MR) is 134 cm³/mol. The lowest BCUT2D eigenvalue weighted by molar-refractivity contribution is -0.141. The number of carbonyl (C=O) groups excluding carboxylic acids is 2. The summed E-state index contributed by atoms with van der Waals surface area (Å²) >= 11 is 0. The average Bonchev–Trinajstić information content (AvgIpc) is 3.38. The third kappa shape index (κ3) is 7.79. The number of ether oxygens (including phenoxy) is 2. The first-order chi connectivity index (χ1) is 16.6. The van der Waals surface area contributed by atoms with E-state index >= 15 is 0 Å². The van der Waals surface area contributed by atoms with Crippen LogP contribution in [0.4, 0.5) is 0 Å². The lowest BCUT2D eigenvalue weighted by Gasteiger charge is -2.31. The highest BCUT2D eigenvalue weighted by atomic mass is 16.5. The van der Waals surface area contributed by atoms with E-state index in [0.717, 1.165) is 49.2 Å². The summed E-state index contributed by atoms with van der Waals surface area (Å²) in [6, 6.07) is 17.3. The van der Waals surface area contributed by atoms with E-state index in [1.807, 2.05) is 49.4 Å². The number of carbonyl (C=O) groups is 2. The Balaban J connectivity index is 1.58. The minimum Gasteiger partial charge on any atom is -0.497 e. The molecular weight excluding hydrogens is 428 g/mol. The van der Waals surface area contributed by atoms with Gasteiger partial charge in [0.25, 0.3) is 0 Å². The second kappa shape index (κ2) is 13.6. The standard InChI is InChI=1S/C28H38N2O4/c1-3-26(28(32)29-23-12-7-8-13-23)30(20-19-22-10-5-4-6-11-22)27(31)14-9-21-34-25-17-15-24(33-2)16-18-25/h4-6,10-11,15-18,23,26H,3,7-9,12-14,19-21H2,1-2H3,(H,29,32). The Labute approximate surface area is 203 Å². The summed E-state index contributed by atoms with van der Waals surface area (Å²) in [7, 11) is 1.63.